The number of rotatable bonds is 3. The molecule has 0 saturated heterocycles. The lowest BCUT2D eigenvalue weighted by Gasteiger charge is -2.27. The van der Waals surface area contributed by atoms with Crippen LogP contribution < -0.4 is 4.43 Å². The molecule has 14 heavy (non-hydrogen) atoms. The summed E-state index contributed by atoms with van der Waals surface area (Å²) in [5, 5.41) is 0.732. The smallest absolute Gasteiger partial charge is 0.247 e. The highest BCUT2D eigenvalue weighted by molar-refractivity contribution is 6.73. The first-order valence-electron chi connectivity index (χ1n) is 4.86. The molecule has 0 fully saturated rings. The van der Waals surface area contributed by atoms with Gasteiger partial charge in [-0.25, -0.2) is 0 Å². The van der Waals surface area contributed by atoms with E-state index in [0.29, 0.717) is 5.54 Å². The van der Waals surface area contributed by atoms with E-state index in [1.54, 1.807) is 0 Å². The maximum atomic E-state index is 6.00. The van der Waals surface area contributed by atoms with E-state index in [4.69, 9.17) is 16.0 Å². The molecule has 0 spiro atoms. The van der Waals surface area contributed by atoms with Crippen LogP contribution in [-0.2, 0) is 0 Å². The minimum absolute atomic E-state index is 0.599. The number of benzene rings is 1. The van der Waals surface area contributed by atoms with Gasteiger partial charge in [-0.1, -0.05) is 31.5 Å². The highest BCUT2D eigenvalue weighted by Gasteiger charge is 2.28. The summed E-state index contributed by atoms with van der Waals surface area (Å²) in [5.74, 6) is 0.892. The lowest BCUT2D eigenvalue weighted by molar-refractivity contribution is 0.533. The Labute approximate surface area is 92.2 Å². The van der Waals surface area contributed by atoms with E-state index < -0.39 is 8.32 Å². The van der Waals surface area contributed by atoms with E-state index in [0.717, 1.165) is 10.8 Å². The molecule has 0 bridgehead atoms. The first-order chi connectivity index (χ1) is 6.42. The maximum absolute atomic E-state index is 6.00. The summed E-state index contributed by atoms with van der Waals surface area (Å²) in [7, 11) is -1.60. The molecule has 0 saturated carbocycles. The van der Waals surface area contributed by atoms with Gasteiger partial charge in [-0.15, -0.1) is 0 Å². The molecule has 1 nitrogen and oxygen atoms in total. The normalized spacial score (nSPS) is 11.9. The molecule has 0 aliphatic rings. The summed E-state index contributed by atoms with van der Waals surface area (Å²) >= 11 is 5.89. The van der Waals surface area contributed by atoms with E-state index in [-0.39, 0.29) is 0 Å². The molecule has 0 aliphatic heterocycles. The monoisotopic (exact) mass is 228 g/mol. The minimum Gasteiger partial charge on any atom is -0.544 e. The maximum Gasteiger partial charge on any atom is 0.247 e. The Hall–Kier alpha value is -0.473. The largest absolute Gasteiger partial charge is 0.544 e. The molecule has 0 heterocycles. The molecule has 0 N–H and O–H groups in total. The molecule has 0 atom stereocenters. The summed E-state index contributed by atoms with van der Waals surface area (Å²) in [6, 6.07) is 7.61. The Balaban J connectivity index is 2.78. The topological polar surface area (TPSA) is 9.23 Å². The second kappa shape index (κ2) is 4.37. The predicted molar refractivity (Wildman–Crippen MR) is 64.7 cm³/mol. The lowest BCUT2D eigenvalue weighted by Crippen LogP contribution is -2.37. The molecule has 78 valence electrons. The highest BCUT2D eigenvalue weighted by atomic mass is 35.5. The SMILES string of the molecule is CC(C)[Si](C)(C)Oc1cccc(Cl)c1. The van der Waals surface area contributed by atoms with Crippen LogP contribution in [0.25, 0.3) is 0 Å². The second-order valence-corrected chi connectivity index (χ2v) is 9.32. The van der Waals surface area contributed by atoms with Crippen molar-refractivity contribution in [3.63, 3.8) is 0 Å². The van der Waals surface area contributed by atoms with Crippen molar-refractivity contribution in [3.05, 3.63) is 29.3 Å². The standard InChI is InChI=1S/C11H17ClOSi/c1-9(2)14(3,4)13-11-7-5-6-10(12)8-11/h5-9H,1-4H3. The number of hydrogen-bond acceptors (Lipinski definition) is 1. The Morgan fingerprint density at radius 3 is 2.43 bits per heavy atom. The van der Waals surface area contributed by atoms with E-state index >= 15 is 0 Å². The molecule has 1 aromatic rings. The lowest BCUT2D eigenvalue weighted by atomic mass is 10.3. The molecular weight excluding hydrogens is 212 g/mol. The zero-order valence-corrected chi connectivity index (χ0v) is 10.9. The molecular formula is C11H17ClOSi. The van der Waals surface area contributed by atoms with E-state index in [1.807, 2.05) is 24.3 Å². The Morgan fingerprint density at radius 2 is 1.93 bits per heavy atom. The molecule has 0 amide bonds. The zero-order valence-electron chi connectivity index (χ0n) is 9.17. The van der Waals surface area contributed by atoms with Crippen LogP contribution in [0, 0.1) is 0 Å². The Bertz CT molecular complexity index is 310. The number of halogens is 1. The van der Waals surface area contributed by atoms with Crippen molar-refractivity contribution in [1.82, 2.24) is 0 Å². The molecule has 0 unspecified atom stereocenters. The molecule has 1 aromatic carbocycles. The molecule has 1 rings (SSSR count). The summed E-state index contributed by atoms with van der Waals surface area (Å²) in [6.07, 6.45) is 0. The van der Waals surface area contributed by atoms with E-state index in [1.165, 1.54) is 0 Å². The van der Waals surface area contributed by atoms with Gasteiger partial charge in [0.2, 0.25) is 8.32 Å². The fourth-order valence-electron chi connectivity index (χ4n) is 0.952. The van der Waals surface area contributed by atoms with Crippen molar-refractivity contribution in [2.45, 2.75) is 32.5 Å². The van der Waals surface area contributed by atoms with Crippen LogP contribution in [0.1, 0.15) is 13.8 Å². The van der Waals surface area contributed by atoms with Crippen molar-refractivity contribution < 1.29 is 4.43 Å². The molecule has 0 aliphatic carbocycles. The third-order valence-corrected chi connectivity index (χ3v) is 6.35. The van der Waals surface area contributed by atoms with Crippen LogP contribution in [0.2, 0.25) is 23.7 Å². The van der Waals surface area contributed by atoms with Gasteiger partial charge in [0.25, 0.3) is 0 Å². The van der Waals surface area contributed by atoms with Crippen molar-refractivity contribution in [2.24, 2.45) is 0 Å². The van der Waals surface area contributed by atoms with E-state index in [9.17, 15) is 0 Å². The van der Waals surface area contributed by atoms with Crippen molar-refractivity contribution in [3.8, 4) is 5.75 Å². The van der Waals surface area contributed by atoms with Gasteiger partial charge >= 0.3 is 0 Å². The van der Waals surface area contributed by atoms with Crippen molar-refractivity contribution in [1.29, 1.82) is 0 Å². The van der Waals surface area contributed by atoms with Crippen LogP contribution in [-0.4, -0.2) is 8.32 Å². The van der Waals surface area contributed by atoms with Crippen molar-refractivity contribution >= 4 is 19.9 Å². The van der Waals surface area contributed by atoms with Gasteiger partial charge in [-0.3, -0.25) is 0 Å². The summed E-state index contributed by atoms with van der Waals surface area (Å²) in [4.78, 5) is 0. The second-order valence-electron chi connectivity index (χ2n) is 4.32. The van der Waals surface area contributed by atoms with Crippen LogP contribution in [0.4, 0.5) is 0 Å². The fourth-order valence-corrected chi connectivity index (χ4v) is 2.10. The Morgan fingerprint density at radius 1 is 1.29 bits per heavy atom. The van der Waals surface area contributed by atoms with Gasteiger partial charge in [0, 0.05) is 5.02 Å². The minimum atomic E-state index is -1.60. The summed E-state index contributed by atoms with van der Waals surface area (Å²) < 4.78 is 6.00. The fraction of sp³-hybridized carbons (Fsp3) is 0.455. The zero-order chi connectivity index (χ0) is 10.8. The predicted octanol–water partition coefficient (Wildman–Crippen LogP) is 4.33. The summed E-state index contributed by atoms with van der Waals surface area (Å²) in [5.41, 5.74) is 0.599. The van der Waals surface area contributed by atoms with Gasteiger partial charge in [-0.05, 0) is 36.8 Å². The van der Waals surface area contributed by atoms with Crippen LogP contribution in [0.3, 0.4) is 0 Å². The molecule has 0 radical (unpaired) electrons. The third-order valence-electron chi connectivity index (χ3n) is 2.57. The van der Waals surface area contributed by atoms with Gasteiger partial charge < -0.3 is 4.43 Å². The first kappa shape index (κ1) is 11.6. The molecule has 3 heteroatoms. The number of hydrogen-bond donors (Lipinski definition) is 0. The average Bonchev–Trinajstić information content (AvgIpc) is 2.02. The molecule has 0 aromatic heterocycles. The third kappa shape index (κ3) is 3.03. The van der Waals surface area contributed by atoms with Gasteiger partial charge in [0.1, 0.15) is 5.75 Å². The van der Waals surface area contributed by atoms with Gasteiger partial charge in [0.05, 0.1) is 0 Å². The van der Waals surface area contributed by atoms with E-state index in [2.05, 4.69) is 26.9 Å². The van der Waals surface area contributed by atoms with Crippen molar-refractivity contribution in [2.75, 3.05) is 0 Å². The average molecular weight is 229 g/mol. The summed E-state index contributed by atoms with van der Waals surface area (Å²) in [6.45, 7) is 8.85. The van der Waals surface area contributed by atoms with Crippen LogP contribution in [0.5, 0.6) is 5.75 Å². The first-order valence-corrected chi connectivity index (χ1v) is 8.23. The van der Waals surface area contributed by atoms with Crippen LogP contribution >= 0.6 is 11.6 Å². The highest BCUT2D eigenvalue weighted by Crippen LogP contribution is 2.26. The quantitative estimate of drug-likeness (QED) is 0.700. The van der Waals surface area contributed by atoms with Crippen LogP contribution in [0.15, 0.2) is 24.3 Å². The Kier molecular flexibility index (Phi) is 3.62. The van der Waals surface area contributed by atoms with Gasteiger partial charge in [0.15, 0.2) is 0 Å². The van der Waals surface area contributed by atoms with Gasteiger partial charge in [-0.2, -0.15) is 0 Å².